The SMILES string of the molecule is O=C(O)C1CC12CCc1cc(O)ccc12. The van der Waals surface area contributed by atoms with Crippen LogP contribution in [0.1, 0.15) is 24.0 Å². The number of phenols is 1. The van der Waals surface area contributed by atoms with Crippen LogP contribution in [0.4, 0.5) is 0 Å². The Kier molecular flexibility index (Phi) is 1.48. The summed E-state index contributed by atoms with van der Waals surface area (Å²) in [5, 5.41) is 18.4. The number of aryl methyl sites for hydroxylation is 1. The van der Waals surface area contributed by atoms with Gasteiger partial charge >= 0.3 is 5.97 Å². The van der Waals surface area contributed by atoms with Crippen molar-refractivity contribution in [3.63, 3.8) is 0 Å². The summed E-state index contributed by atoms with van der Waals surface area (Å²) in [6, 6.07) is 5.31. The molecule has 0 amide bonds. The Morgan fingerprint density at radius 2 is 2.27 bits per heavy atom. The van der Waals surface area contributed by atoms with Crippen LogP contribution in [0.5, 0.6) is 5.75 Å². The quantitative estimate of drug-likeness (QED) is 0.731. The van der Waals surface area contributed by atoms with Gasteiger partial charge in [0, 0.05) is 5.41 Å². The van der Waals surface area contributed by atoms with Crippen molar-refractivity contribution < 1.29 is 15.0 Å². The minimum absolute atomic E-state index is 0.102. The third-order valence-corrected chi connectivity index (χ3v) is 3.84. The Morgan fingerprint density at radius 1 is 1.47 bits per heavy atom. The van der Waals surface area contributed by atoms with Crippen LogP contribution in [0.15, 0.2) is 18.2 Å². The topological polar surface area (TPSA) is 57.5 Å². The van der Waals surface area contributed by atoms with Gasteiger partial charge in [0.1, 0.15) is 5.75 Å². The first-order valence-corrected chi connectivity index (χ1v) is 5.19. The average molecular weight is 204 g/mol. The zero-order chi connectivity index (χ0) is 10.6. The summed E-state index contributed by atoms with van der Waals surface area (Å²) in [6.07, 6.45) is 2.58. The first-order chi connectivity index (χ1) is 7.13. The molecule has 1 aromatic rings. The fourth-order valence-corrected chi connectivity index (χ4v) is 2.97. The number of carboxylic acids is 1. The third-order valence-electron chi connectivity index (χ3n) is 3.84. The number of fused-ring (bicyclic) bond motifs is 2. The van der Waals surface area contributed by atoms with E-state index >= 15 is 0 Å². The van der Waals surface area contributed by atoms with E-state index in [0.29, 0.717) is 0 Å². The van der Waals surface area contributed by atoms with Crippen LogP contribution in [-0.4, -0.2) is 16.2 Å². The van der Waals surface area contributed by atoms with Crippen LogP contribution in [0, 0.1) is 5.92 Å². The largest absolute Gasteiger partial charge is 0.508 e. The smallest absolute Gasteiger partial charge is 0.307 e. The van der Waals surface area contributed by atoms with E-state index in [1.165, 1.54) is 0 Å². The van der Waals surface area contributed by atoms with E-state index in [2.05, 4.69) is 0 Å². The Morgan fingerprint density at radius 3 is 2.93 bits per heavy atom. The van der Waals surface area contributed by atoms with Crippen molar-refractivity contribution in [3.05, 3.63) is 29.3 Å². The van der Waals surface area contributed by atoms with E-state index in [4.69, 9.17) is 5.11 Å². The molecule has 0 heterocycles. The fourth-order valence-electron chi connectivity index (χ4n) is 2.97. The predicted molar refractivity (Wildman–Crippen MR) is 53.8 cm³/mol. The van der Waals surface area contributed by atoms with E-state index < -0.39 is 5.97 Å². The number of rotatable bonds is 1. The van der Waals surface area contributed by atoms with Crippen molar-refractivity contribution in [1.82, 2.24) is 0 Å². The second-order valence-corrected chi connectivity index (χ2v) is 4.59. The molecule has 0 radical (unpaired) electrons. The summed E-state index contributed by atoms with van der Waals surface area (Å²) in [7, 11) is 0. The lowest BCUT2D eigenvalue weighted by Crippen LogP contribution is -2.11. The second-order valence-electron chi connectivity index (χ2n) is 4.59. The number of benzene rings is 1. The van der Waals surface area contributed by atoms with E-state index in [1.807, 2.05) is 6.07 Å². The zero-order valence-electron chi connectivity index (χ0n) is 8.23. The van der Waals surface area contributed by atoms with Crippen molar-refractivity contribution in [2.45, 2.75) is 24.7 Å². The van der Waals surface area contributed by atoms with Crippen LogP contribution in [0.3, 0.4) is 0 Å². The Hall–Kier alpha value is -1.51. The molecule has 1 aromatic carbocycles. The van der Waals surface area contributed by atoms with Gasteiger partial charge in [0.05, 0.1) is 5.92 Å². The minimum atomic E-state index is -0.684. The standard InChI is InChI=1S/C12H12O3/c13-8-1-2-9-7(5-8)3-4-12(9)6-10(12)11(14)15/h1-2,5,10,13H,3-4,6H2,(H,14,15). The predicted octanol–water partition coefficient (Wildman–Crippen LogP) is 1.68. The van der Waals surface area contributed by atoms with Gasteiger partial charge in [-0.25, -0.2) is 0 Å². The lowest BCUT2D eigenvalue weighted by molar-refractivity contribution is -0.139. The molecule has 0 saturated heterocycles. The molecule has 15 heavy (non-hydrogen) atoms. The van der Waals surface area contributed by atoms with Crippen molar-refractivity contribution in [1.29, 1.82) is 0 Å². The van der Waals surface area contributed by atoms with Crippen LogP contribution in [-0.2, 0) is 16.6 Å². The number of carbonyl (C=O) groups is 1. The highest BCUT2D eigenvalue weighted by atomic mass is 16.4. The average Bonchev–Trinajstić information content (AvgIpc) is 2.80. The maximum atomic E-state index is 11.0. The number of aliphatic carboxylic acids is 1. The molecule has 2 unspecified atom stereocenters. The number of phenolic OH excluding ortho intramolecular Hbond substituents is 1. The zero-order valence-corrected chi connectivity index (χ0v) is 8.23. The lowest BCUT2D eigenvalue weighted by atomic mass is 9.95. The molecule has 2 N–H and O–H groups in total. The number of carboxylic acid groups (broad SMARTS) is 1. The third kappa shape index (κ3) is 1.03. The fraction of sp³-hybridized carbons (Fsp3) is 0.417. The molecule has 2 aliphatic carbocycles. The Labute approximate surface area is 87.4 Å². The summed E-state index contributed by atoms with van der Waals surface area (Å²) >= 11 is 0. The molecule has 0 aromatic heterocycles. The summed E-state index contributed by atoms with van der Waals surface area (Å²) in [5.41, 5.74) is 2.17. The molecular formula is C12H12O3. The van der Waals surface area contributed by atoms with Crippen LogP contribution < -0.4 is 0 Å². The second kappa shape index (κ2) is 2.54. The molecule has 1 fully saturated rings. The highest BCUT2D eigenvalue weighted by Crippen LogP contribution is 2.61. The van der Waals surface area contributed by atoms with E-state index in [1.54, 1.807) is 12.1 Å². The van der Waals surface area contributed by atoms with Gasteiger partial charge in [-0.2, -0.15) is 0 Å². The molecule has 1 spiro atoms. The normalized spacial score (nSPS) is 31.6. The van der Waals surface area contributed by atoms with Crippen molar-refractivity contribution in [2.24, 2.45) is 5.92 Å². The molecule has 3 heteroatoms. The van der Waals surface area contributed by atoms with Crippen LogP contribution >= 0.6 is 0 Å². The van der Waals surface area contributed by atoms with Crippen molar-refractivity contribution >= 4 is 5.97 Å². The van der Waals surface area contributed by atoms with Crippen molar-refractivity contribution in [3.8, 4) is 5.75 Å². The van der Waals surface area contributed by atoms with Crippen molar-refractivity contribution in [2.75, 3.05) is 0 Å². The summed E-state index contributed by atoms with van der Waals surface area (Å²) in [6.45, 7) is 0. The van der Waals surface area contributed by atoms with E-state index in [9.17, 15) is 9.90 Å². The molecule has 2 atom stereocenters. The monoisotopic (exact) mass is 204 g/mol. The van der Waals surface area contributed by atoms with Gasteiger partial charge in [0.2, 0.25) is 0 Å². The Bertz CT molecular complexity index is 452. The van der Waals surface area contributed by atoms with Crippen LogP contribution in [0.25, 0.3) is 0 Å². The van der Waals surface area contributed by atoms with Gasteiger partial charge in [0.15, 0.2) is 0 Å². The molecule has 0 bridgehead atoms. The number of hydrogen-bond donors (Lipinski definition) is 2. The molecule has 1 saturated carbocycles. The first kappa shape index (κ1) is 8.77. The summed E-state index contributed by atoms with van der Waals surface area (Å²) < 4.78 is 0. The maximum absolute atomic E-state index is 11.0. The van der Waals surface area contributed by atoms with Crippen LogP contribution in [0.2, 0.25) is 0 Å². The van der Waals surface area contributed by atoms with Gasteiger partial charge in [0.25, 0.3) is 0 Å². The molecular weight excluding hydrogens is 192 g/mol. The summed E-state index contributed by atoms with van der Waals surface area (Å²) in [4.78, 5) is 11.0. The van der Waals surface area contributed by atoms with Gasteiger partial charge in [-0.3, -0.25) is 4.79 Å². The maximum Gasteiger partial charge on any atom is 0.307 e. The summed E-state index contributed by atoms with van der Waals surface area (Å²) in [5.74, 6) is -0.613. The Balaban J connectivity index is 2.04. The van der Waals surface area contributed by atoms with Gasteiger partial charge in [-0.15, -0.1) is 0 Å². The molecule has 78 valence electrons. The highest BCUT2D eigenvalue weighted by molar-refractivity contribution is 5.78. The molecule has 2 aliphatic rings. The molecule has 0 aliphatic heterocycles. The number of aromatic hydroxyl groups is 1. The minimum Gasteiger partial charge on any atom is -0.508 e. The first-order valence-electron chi connectivity index (χ1n) is 5.19. The van der Waals surface area contributed by atoms with Gasteiger partial charge < -0.3 is 10.2 Å². The van der Waals surface area contributed by atoms with E-state index in [-0.39, 0.29) is 17.1 Å². The van der Waals surface area contributed by atoms with Gasteiger partial charge in [-0.1, -0.05) is 6.07 Å². The number of hydrogen-bond acceptors (Lipinski definition) is 2. The van der Waals surface area contributed by atoms with E-state index in [0.717, 1.165) is 30.4 Å². The molecule has 3 nitrogen and oxygen atoms in total. The highest BCUT2D eigenvalue weighted by Gasteiger charge is 2.61. The lowest BCUT2D eigenvalue weighted by Gasteiger charge is -2.09. The van der Waals surface area contributed by atoms with Gasteiger partial charge in [-0.05, 0) is 42.5 Å². The molecule has 3 rings (SSSR count).